The van der Waals surface area contributed by atoms with Crippen LogP contribution in [0.2, 0.25) is 0 Å². The maximum absolute atomic E-state index is 12.3. The molecule has 0 unspecified atom stereocenters. The van der Waals surface area contributed by atoms with E-state index in [0.717, 1.165) is 0 Å². The second kappa shape index (κ2) is 8.65. The standard InChI is InChI=1S/C13H17BrN2O4/c1-19-9-8-16(7-6-12(17)20-2)13(18)10-4-3-5-11(14)15-10/h3-5H,6-9H2,1-2H3. The van der Waals surface area contributed by atoms with Gasteiger partial charge in [-0.1, -0.05) is 6.07 Å². The predicted octanol–water partition coefficient (Wildman–Crippen LogP) is 1.50. The Labute approximate surface area is 126 Å². The quantitative estimate of drug-likeness (QED) is 0.553. The van der Waals surface area contributed by atoms with E-state index < -0.39 is 0 Å². The third-order valence-corrected chi connectivity index (χ3v) is 3.04. The van der Waals surface area contributed by atoms with Crippen LogP contribution in [0, 0.1) is 0 Å². The van der Waals surface area contributed by atoms with Gasteiger partial charge in [-0.05, 0) is 28.1 Å². The van der Waals surface area contributed by atoms with E-state index in [4.69, 9.17) is 4.74 Å². The van der Waals surface area contributed by atoms with Crippen molar-refractivity contribution in [2.45, 2.75) is 6.42 Å². The molecule has 0 atom stereocenters. The van der Waals surface area contributed by atoms with Crippen molar-refractivity contribution in [3.8, 4) is 0 Å². The van der Waals surface area contributed by atoms with Crippen molar-refractivity contribution in [2.75, 3.05) is 33.9 Å². The number of pyridine rings is 1. The average Bonchev–Trinajstić information content (AvgIpc) is 2.46. The first-order valence-electron chi connectivity index (χ1n) is 6.06. The number of carbonyl (C=O) groups is 2. The van der Waals surface area contributed by atoms with Gasteiger partial charge in [-0.2, -0.15) is 0 Å². The number of nitrogens with zero attached hydrogens (tertiary/aromatic N) is 2. The van der Waals surface area contributed by atoms with Crippen molar-refractivity contribution in [2.24, 2.45) is 0 Å². The lowest BCUT2D eigenvalue weighted by Gasteiger charge is -2.21. The zero-order chi connectivity index (χ0) is 15.0. The summed E-state index contributed by atoms with van der Waals surface area (Å²) in [5.74, 6) is -0.602. The minimum Gasteiger partial charge on any atom is -0.469 e. The van der Waals surface area contributed by atoms with Crippen LogP contribution in [0.3, 0.4) is 0 Å². The van der Waals surface area contributed by atoms with E-state index >= 15 is 0 Å². The molecule has 0 saturated heterocycles. The number of halogens is 1. The smallest absolute Gasteiger partial charge is 0.307 e. The van der Waals surface area contributed by atoms with Crippen molar-refractivity contribution >= 4 is 27.8 Å². The Morgan fingerprint density at radius 1 is 1.30 bits per heavy atom. The molecular formula is C13H17BrN2O4. The van der Waals surface area contributed by atoms with E-state index in [-0.39, 0.29) is 24.8 Å². The first kappa shape index (κ1) is 16.6. The van der Waals surface area contributed by atoms with Gasteiger partial charge in [0.2, 0.25) is 0 Å². The lowest BCUT2D eigenvalue weighted by atomic mass is 10.3. The number of hydrogen-bond acceptors (Lipinski definition) is 5. The number of ether oxygens (including phenoxy) is 2. The number of esters is 1. The SMILES string of the molecule is COCCN(CCC(=O)OC)C(=O)c1cccc(Br)n1. The molecular weight excluding hydrogens is 328 g/mol. The van der Waals surface area contributed by atoms with Crippen LogP contribution in [-0.4, -0.2) is 55.7 Å². The molecule has 0 aromatic carbocycles. The zero-order valence-corrected chi connectivity index (χ0v) is 13.1. The molecule has 1 aromatic rings. The number of carbonyl (C=O) groups excluding carboxylic acids is 2. The Morgan fingerprint density at radius 2 is 2.05 bits per heavy atom. The van der Waals surface area contributed by atoms with Crippen LogP contribution in [0.5, 0.6) is 0 Å². The fourth-order valence-corrected chi connectivity index (χ4v) is 1.88. The minimum atomic E-state index is -0.359. The summed E-state index contributed by atoms with van der Waals surface area (Å²) in [7, 11) is 2.87. The highest BCUT2D eigenvalue weighted by atomic mass is 79.9. The van der Waals surface area contributed by atoms with Crippen LogP contribution < -0.4 is 0 Å². The van der Waals surface area contributed by atoms with E-state index in [9.17, 15) is 9.59 Å². The van der Waals surface area contributed by atoms with Gasteiger partial charge in [0.05, 0.1) is 20.1 Å². The van der Waals surface area contributed by atoms with Gasteiger partial charge in [0.1, 0.15) is 10.3 Å². The summed E-state index contributed by atoms with van der Waals surface area (Å²) >= 11 is 3.22. The number of amides is 1. The van der Waals surface area contributed by atoms with Gasteiger partial charge >= 0.3 is 5.97 Å². The van der Waals surface area contributed by atoms with E-state index in [1.54, 1.807) is 25.3 Å². The fraction of sp³-hybridized carbons (Fsp3) is 0.462. The summed E-state index contributed by atoms with van der Waals surface area (Å²) in [6.07, 6.45) is 0.139. The van der Waals surface area contributed by atoms with E-state index in [0.29, 0.717) is 23.4 Å². The molecule has 1 aromatic heterocycles. The van der Waals surface area contributed by atoms with Gasteiger partial charge in [0, 0.05) is 20.2 Å². The molecule has 20 heavy (non-hydrogen) atoms. The Balaban J connectivity index is 2.75. The number of methoxy groups -OCH3 is 2. The molecule has 0 fully saturated rings. The zero-order valence-electron chi connectivity index (χ0n) is 11.5. The molecule has 0 bridgehead atoms. The van der Waals surface area contributed by atoms with Gasteiger partial charge in [-0.25, -0.2) is 4.98 Å². The second-order valence-electron chi connectivity index (χ2n) is 3.96. The van der Waals surface area contributed by atoms with Gasteiger partial charge in [0.25, 0.3) is 5.91 Å². The molecule has 7 heteroatoms. The highest BCUT2D eigenvalue weighted by Gasteiger charge is 2.18. The third kappa shape index (κ3) is 5.26. The van der Waals surface area contributed by atoms with Gasteiger partial charge in [0.15, 0.2) is 0 Å². The van der Waals surface area contributed by atoms with Crippen molar-refractivity contribution in [1.82, 2.24) is 9.88 Å². The lowest BCUT2D eigenvalue weighted by Crippen LogP contribution is -2.36. The van der Waals surface area contributed by atoms with E-state index in [1.807, 2.05) is 0 Å². The molecule has 0 spiro atoms. The van der Waals surface area contributed by atoms with Gasteiger partial charge in [-0.3, -0.25) is 9.59 Å². The maximum Gasteiger partial charge on any atom is 0.307 e. The molecule has 1 rings (SSSR count). The summed E-state index contributed by atoms with van der Waals surface area (Å²) in [4.78, 5) is 29.2. The van der Waals surface area contributed by atoms with Crippen LogP contribution >= 0.6 is 15.9 Å². The monoisotopic (exact) mass is 344 g/mol. The third-order valence-electron chi connectivity index (χ3n) is 2.60. The van der Waals surface area contributed by atoms with Crippen molar-refractivity contribution in [3.63, 3.8) is 0 Å². The number of hydrogen-bond donors (Lipinski definition) is 0. The van der Waals surface area contributed by atoms with Gasteiger partial charge < -0.3 is 14.4 Å². The molecule has 0 saturated carbocycles. The van der Waals surface area contributed by atoms with Crippen LogP contribution in [0.4, 0.5) is 0 Å². The van der Waals surface area contributed by atoms with Crippen LogP contribution in [-0.2, 0) is 14.3 Å². The van der Waals surface area contributed by atoms with Gasteiger partial charge in [-0.15, -0.1) is 0 Å². The Morgan fingerprint density at radius 3 is 2.65 bits per heavy atom. The molecule has 0 aliphatic rings. The van der Waals surface area contributed by atoms with Crippen LogP contribution in [0.25, 0.3) is 0 Å². The summed E-state index contributed by atoms with van der Waals surface area (Å²) in [6.45, 7) is 1.05. The highest BCUT2D eigenvalue weighted by Crippen LogP contribution is 2.09. The van der Waals surface area contributed by atoms with E-state index in [1.165, 1.54) is 12.0 Å². The largest absolute Gasteiger partial charge is 0.469 e. The van der Waals surface area contributed by atoms with E-state index in [2.05, 4.69) is 25.7 Å². The predicted molar refractivity (Wildman–Crippen MR) is 76.3 cm³/mol. The highest BCUT2D eigenvalue weighted by molar-refractivity contribution is 9.10. The first-order valence-corrected chi connectivity index (χ1v) is 6.85. The first-order chi connectivity index (χ1) is 9.58. The molecule has 0 aliphatic heterocycles. The molecule has 110 valence electrons. The van der Waals surface area contributed by atoms with Crippen molar-refractivity contribution in [1.29, 1.82) is 0 Å². The number of aromatic nitrogens is 1. The Hall–Kier alpha value is -1.47. The Bertz CT molecular complexity index is 467. The number of rotatable bonds is 7. The maximum atomic E-state index is 12.3. The summed E-state index contributed by atoms with van der Waals surface area (Å²) in [5.41, 5.74) is 0.320. The average molecular weight is 345 g/mol. The van der Waals surface area contributed by atoms with Crippen LogP contribution in [0.1, 0.15) is 16.9 Å². The fourth-order valence-electron chi connectivity index (χ4n) is 1.53. The topological polar surface area (TPSA) is 68.7 Å². The minimum absolute atomic E-state index is 0.139. The van der Waals surface area contributed by atoms with Crippen LogP contribution in [0.15, 0.2) is 22.8 Å². The molecule has 1 heterocycles. The second-order valence-corrected chi connectivity index (χ2v) is 4.77. The summed E-state index contributed by atoms with van der Waals surface area (Å²) in [6, 6.07) is 5.11. The normalized spacial score (nSPS) is 10.2. The Kier molecular flexibility index (Phi) is 7.17. The molecule has 6 nitrogen and oxygen atoms in total. The van der Waals surface area contributed by atoms with Crippen molar-refractivity contribution < 1.29 is 19.1 Å². The summed E-state index contributed by atoms with van der Waals surface area (Å²) in [5, 5.41) is 0. The summed E-state index contributed by atoms with van der Waals surface area (Å²) < 4.78 is 10.1. The van der Waals surface area contributed by atoms with Crippen molar-refractivity contribution in [3.05, 3.63) is 28.5 Å². The molecule has 0 radical (unpaired) electrons. The lowest BCUT2D eigenvalue weighted by molar-refractivity contribution is -0.140. The molecule has 1 amide bonds. The molecule has 0 aliphatic carbocycles. The molecule has 0 N–H and O–H groups in total.